The number of pyridine rings is 1. The third-order valence-corrected chi connectivity index (χ3v) is 4.38. The second-order valence-electron chi connectivity index (χ2n) is 6.05. The summed E-state index contributed by atoms with van der Waals surface area (Å²) in [4.78, 5) is 17.3. The molecular weight excluding hydrogens is 314 g/mol. The van der Waals surface area contributed by atoms with Crippen LogP contribution in [0.4, 0.5) is 11.5 Å². The van der Waals surface area contributed by atoms with Crippen molar-refractivity contribution in [2.45, 2.75) is 19.9 Å². The highest BCUT2D eigenvalue weighted by Gasteiger charge is 2.20. The monoisotopic (exact) mass is 333 g/mol. The van der Waals surface area contributed by atoms with Crippen LogP contribution in [0.2, 0.25) is 0 Å². The van der Waals surface area contributed by atoms with Crippen molar-refractivity contribution in [3.63, 3.8) is 0 Å². The molecule has 126 valence electrons. The van der Waals surface area contributed by atoms with Gasteiger partial charge in [-0.2, -0.15) is 5.10 Å². The van der Waals surface area contributed by atoms with Gasteiger partial charge in [-0.15, -0.1) is 0 Å². The molecule has 0 radical (unpaired) electrons. The summed E-state index contributed by atoms with van der Waals surface area (Å²) in [6, 6.07) is 11.8. The first kappa shape index (κ1) is 15.4. The van der Waals surface area contributed by atoms with Gasteiger partial charge in [-0.05, 0) is 30.5 Å². The second-order valence-corrected chi connectivity index (χ2v) is 6.05. The molecule has 2 aromatic heterocycles. The molecule has 0 bridgehead atoms. The Bertz CT molecular complexity index is 917. The van der Waals surface area contributed by atoms with Crippen LogP contribution >= 0.6 is 0 Å². The third kappa shape index (κ3) is 2.87. The van der Waals surface area contributed by atoms with E-state index in [0.717, 1.165) is 36.5 Å². The van der Waals surface area contributed by atoms with E-state index in [1.165, 1.54) is 0 Å². The summed E-state index contributed by atoms with van der Waals surface area (Å²) < 4.78 is 1.88. The summed E-state index contributed by atoms with van der Waals surface area (Å²) in [7, 11) is 0. The van der Waals surface area contributed by atoms with Crippen LogP contribution in [0.15, 0.2) is 48.8 Å². The smallest absolute Gasteiger partial charge is 0.258 e. The summed E-state index contributed by atoms with van der Waals surface area (Å²) in [5, 5.41) is 10.6. The van der Waals surface area contributed by atoms with Gasteiger partial charge in [0.05, 0.1) is 17.5 Å². The highest BCUT2D eigenvalue weighted by atomic mass is 16.1. The van der Waals surface area contributed by atoms with Crippen LogP contribution in [0.25, 0.3) is 11.1 Å². The van der Waals surface area contributed by atoms with Crippen molar-refractivity contribution >= 4 is 17.4 Å². The van der Waals surface area contributed by atoms with Crippen LogP contribution in [0.3, 0.4) is 0 Å². The molecule has 0 fully saturated rings. The van der Waals surface area contributed by atoms with E-state index in [2.05, 4.69) is 20.7 Å². The molecule has 6 heteroatoms. The van der Waals surface area contributed by atoms with Gasteiger partial charge in [0.25, 0.3) is 5.91 Å². The topological polar surface area (TPSA) is 71.8 Å². The van der Waals surface area contributed by atoms with Gasteiger partial charge < -0.3 is 10.6 Å². The zero-order valence-corrected chi connectivity index (χ0v) is 14.0. The molecule has 1 aromatic carbocycles. The lowest BCUT2D eigenvalue weighted by molar-refractivity contribution is 0.102. The number of hydrogen-bond acceptors (Lipinski definition) is 4. The molecule has 25 heavy (non-hydrogen) atoms. The van der Waals surface area contributed by atoms with Crippen LogP contribution in [-0.4, -0.2) is 27.2 Å². The Kier molecular flexibility index (Phi) is 3.93. The second kappa shape index (κ2) is 6.39. The zero-order valence-electron chi connectivity index (χ0n) is 14.0. The summed E-state index contributed by atoms with van der Waals surface area (Å²) >= 11 is 0. The van der Waals surface area contributed by atoms with Gasteiger partial charge in [-0.25, -0.2) is 4.68 Å². The van der Waals surface area contributed by atoms with Gasteiger partial charge in [0.2, 0.25) is 0 Å². The van der Waals surface area contributed by atoms with Crippen molar-refractivity contribution in [1.82, 2.24) is 14.8 Å². The van der Waals surface area contributed by atoms with Gasteiger partial charge in [-0.3, -0.25) is 9.78 Å². The Morgan fingerprint density at radius 2 is 2.08 bits per heavy atom. The van der Waals surface area contributed by atoms with E-state index in [-0.39, 0.29) is 5.91 Å². The van der Waals surface area contributed by atoms with E-state index in [0.29, 0.717) is 16.9 Å². The fraction of sp³-hybridized carbons (Fsp3) is 0.211. The van der Waals surface area contributed by atoms with E-state index < -0.39 is 0 Å². The number of nitrogens with zero attached hydrogens (tertiary/aromatic N) is 3. The largest absolute Gasteiger partial charge is 0.368 e. The van der Waals surface area contributed by atoms with Crippen molar-refractivity contribution in [3.05, 3.63) is 60.0 Å². The molecule has 1 aliphatic rings. The van der Waals surface area contributed by atoms with E-state index in [1.807, 2.05) is 48.0 Å². The number of aromatic nitrogens is 3. The summed E-state index contributed by atoms with van der Waals surface area (Å²) in [5.74, 6) is 0.690. The molecule has 0 spiro atoms. The molecule has 6 nitrogen and oxygen atoms in total. The number of aryl methyl sites for hydroxylation is 2. The SMILES string of the molecule is Cc1nccc(-c2ccccc2)c1C(=O)Nc1cnn2c1NCCC2. The molecule has 3 heterocycles. The van der Waals surface area contributed by atoms with Gasteiger partial charge in [0, 0.05) is 19.3 Å². The molecule has 2 N–H and O–H groups in total. The zero-order chi connectivity index (χ0) is 17.2. The van der Waals surface area contributed by atoms with E-state index in [9.17, 15) is 4.79 Å². The van der Waals surface area contributed by atoms with E-state index >= 15 is 0 Å². The average molecular weight is 333 g/mol. The first-order valence-electron chi connectivity index (χ1n) is 8.36. The third-order valence-electron chi connectivity index (χ3n) is 4.38. The highest BCUT2D eigenvalue weighted by molar-refractivity contribution is 6.10. The number of carbonyl (C=O) groups is 1. The quantitative estimate of drug-likeness (QED) is 0.771. The molecule has 0 unspecified atom stereocenters. The van der Waals surface area contributed by atoms with Crippen molar-refractivity contribution in [2.75, 3.05) is 17.2 Å². The Balaban J connectivity index is 1.70. The number of benzene rings is 1. The minimum Gasteiger partial charge on any atom is -0.368 e. The number of anilines is 2. The molecule has 1 aliphatic heterocycles. The lowest BCUT2D eigenvalue weighted by Crippen LogP contribution is -2.20. The van der Waals surface area contributed by atoms with E-state index in [4.69, 9.17) is 0 Å². The van der Waals surface area contributed by atoms with Gasteiger partial charge >= 0.3 is 0 Å². The number of fused-ring (bicyclic) bond motifs is 1. The Morgan fingerprint density at radius 1 is 1.24 bits per heavy atom. The average Bonchev–Trinajstić information content (AvgIpc) is 3.05. The van der Waals surface area contributed by atoms with Crippen molar-refractivity contribution in [1.29, 1.82) is 0 Å². The predicted octanol–water partition coefficient (Wildman–Crippen LogP) is 3.32. The molecule has 0 aliphatic carbocycles. The summed E-state index contributed by atoms with van der Waals surface area (Å²) in [5.41, 5.74) is 3.86. The van der Waals surface area contributed by atoms with Gasteiger partial charge in [-0.1, -0.05) is 30.3 Å². The maximum absolute atomic E-state index is 13.0. The number of amides is 1. The first-order chi connectivity index (χ1) is 12.2. The van der Waals surface area contributed by atoms with Crippen LogP contribution in [-0.2, 0) is 6.54 Å². The molecule has 0 saturated heterocycles. The lowest BCUT2D eigenvalue weighted by atomic mass is 9.99. The molecule has 0 atom stereocenters. The Labute approximate surface area is 145 Å². The molecule has 0 saturated carbocycles. The Hall–Kier alpha value is -3.15. The predicted molar refractivity (Wildman–Crippen MR) is 97.7 cm³/mol. The van der Waals surface area contributed by atoms with Gasteiger partial charge in [0.15, 0.2) is 0 Å². The van der Waals surface area contributed by atoms with Crippen LogP contribution < -0.4 is 10.6 Å². The summed E-state index contributed by atoms with van der Waals surface area (Å²) in [6.07, 6.45) is 4.46. The normalized spacial score (nSPS) is 13.0. The highest BCUT2D eigenvalue weighted by Crippen LogP contribution is 2.28. The van der Waals surface area contributed by atoms with Crippen molar-refractivity contribution < 1.29 is 4.79 Å². The maximum atomic E-state index is 13.0. The molecule has 4 rings (SSSR count). The minimum atomic E-state index is -0.173. The first-order valence-corrected chi connectivity index (χ1v) is 8.36. The van der Waals surface area contributed by atoms with Crippen LogP contribution in [0.5, 0.6) is 0 Å². The minimum absolute atomic E-state index is 0.173. The molecule has 3 aromatic rings. The maximum Gasteiger partial charge on any atom is 0.258 e. The standard InChI is InChI=1S/C19H19N5O/c1-13-17(15(8-10-20-13)14-6-3-2-4-7-14)19(25)23-16-12-22-24-11-5-9-21-18(16)24/h2-4,6-8,10,12,21H,5,9,11H2,1H3,(H,23,25). The number of nitrogens with one attached hydrogen (secondary N) is 2. The molecular formula is C19H19N5O. The fourth-order valence-corrected chi connectivity index (χ4v) is 3.16. The number of carbonyl (C=O) groups excluding carboxylic acids is 1. The van der Waals surface area contributed by atoms with Crippen LogP contribution in [0.1, 0.15) is 22.5 Å². The Morgan fingerprint density at radius 3 is 2.92 bits per heavy atom. The van der Waals surface area contributed by atoms with Crippen molar-refractivity contribution in [2.24, 2.45) is 0 Å². The lowest BCUT2D eigenvalue weighted by Gasteiger charge is -2.17. The van der Waals surface area contributed by atoms with E-state index in [1.54, 1.807) is 12.4 Å². The number of rotatable bonds is 3. The fourth-order valence-electron chi connectivity index (χ4n) is 3.16. The van der Waals surface area contributed by atoms with Crippen molar-refractivity contribution in [3.8, 4) is 11.1 Å². The van der Waals surface area contributed by atoms with Gasteiger partial charge in [0.1, 0.15) is 11.5 Å². The molecule has 1 amide bonds. The van der Waals surface area contributed by atoms with Crippen LogP contribution in [0, 0.1) is 6.92 Å². The summed E-state index contributed by atoms with van der Waals surface area (Å²) in [6.45, 7) is 3.60. The number of hydrogen-bond donors (Lipinski definition) is 2.